The Balaban J connectivity index is 3.89. The number of halogens is 2. The van der Waals surface area contributed by atoms with Crippen molar-refractivity contribution in [1.82, 2.24) is 0 Å². The predicted octanol–water partition coefficient (Wildman–Crippen LogP) is 2.14. The van der Waals surface area contributed by atoms with Crippen LogP contribution in [0.5, 0.6) is 0 Å². The SMILES string of the molecule is CC(C)CC(F)(F)CC(=O)O. The van der Waals surface area contributed by atoms with Crippen LogP contribution in [0.25, 0.3) is 0 Å². The molecule has 0 atom stereocenters. The Hall–Kier alpha value is -0.670. The molecule has 0 radical (unpaired) electrons. The van der Waals surface area contributed by atoms with Crippen molar-refractivity contribution < 1.29 is 18.7 Å². The van der Waals surface area contributed by atoms with Crippen molar-refractivity contribution in [3.63, 3.8) is 0 Å². The van der Waals surface area contributed by atoms with Crippen molar-refractivity contribution >= 4 is 5.97 Å². The third-order valence-corrected chi connectivity index (χ3v) is 1.12. The molecule has 1 N–H and O–H groups in total. The van der Waals surface area contributed by atoms with E-state index in [1.165, 1.54) is 0 Å². The van der Waals surface area contributed by atoms with Crippen LogP contribution in [0.3, 0.4) is 0 Å². The monoisotopic (exact) mass is 166 g/mol. The summed E-state index contributed by atoms with van der Waals surface area (Å²) in [5.74, 6) is -4.68. The van der Waals surface area contributed by atoms with Gasteiger partial charge in [0, 0.05) is 6.42 Å². The lowest BCUT2D eigenvalue weighted by molar-refractivity contribution is -0.145. The number of carbonyl (C=O) groups is 1. The van der Waals surface area contributed by atoms with Crippen LogP contribution in [0, 0.1) is 5.92 Å². The van der Waals surface area contributed by atoms with Crippen molar-refractivity contribution in [2.45, 2.75) is 32.6 Å². The normalized spacial score (nSPS) is 12.1. The standard InChI is InChI=1S/C7H12F2O2/c1-5(2)3-7(8,9)4-6(10)11/h5H,3-4H2,1-2H3,(H,10,11). The molecule has 0 aliphatic carbocycles. The van der Waals surface area contributed by atoms with Gasteiger partial charge in [0.05, 0.1) is 0 Å². The fourth-order valence-corrected chi connectivity index (χ4v) is 0.891. The van der Waals surface area contributed by atoms with E-state index in [0.29, 0.717) is 0 Å². The molecule has 0 aliphatic heterocycles. The molecule has 0 amide bonds. The van der Waals surface area contributed by atoms with Crippen molar-refractivity contribution in [3.8, 4) is 0 Å². The summed E-state index contributed by atoms with van der Waals surface area (Å²) in [5, 5.41) is 8.08. The van der Waals surface area contributed by atoms with Gasteiger partial charge in [-0.1, -0.05) is 13.8 Å². The molecule has 0 aromatic heterocycles. The van der Waals surface area contributed by atoms with Gasteiger partial charge in [-0.2, -0.15) is 0 Å². The second-order valence-electron chi connectivity index (χ2n) is 3.02. The van der Waals surface area contributed by atoms with Gasteiger partial charge >= 0.3 is 5.97 Å². The molecular formula is C7H12F2O2. The molecule has 0 heterocycles. The lowest BCUT2D eigenvalue weighted by atomic mass is 10.0. The van der Waals surface area contributed by atoms with Crippen molar-refractivity contribution in [1.29, 1.82) is 0 Å². The van der Waals surface area contributed by atoms with Crippen LogP contribution >= 0.6 is 0 Å². The minimum absolute atomic E-state index is 0.177. The summed E-state index contributed by atoms with van der Waals surface area (Å²) in [4.78, 5) is 9.92. The van der Waals surface area contributed by atoms with E-state index in [1.807, 2.05) is 0 Å². The van der Waals surface area contributed by atoms with E-state index in [4.69, 9.17) is 5.11 Å². The lowest BCUT2D eigenvalue weighted by Crippen LogP contribution is -2.22. The fourth-order valence-electron chi connectivity index (χ4n) is 0.891. The van der Waals surface area contributed by atoms with E-state index in [1.54, 1.807) is 13.8 Å². The first-order chi connectivity index (χ1) is 4.83. The van der Waals surface area contributed by atoms with E-state index in [-0.39, 0.29) is 12.3 Å². The number of rotatable bonds is 4. The summed E-state index contributed by atoms with van der Waals surface area (Å²) >= 11 is 0. The van der Waals surface area contributed by atoms with Gasteiger partial charge in [0.15, 0.2) is 0 Å². The van der Waals surface area contributed by atoms with Crippen LogP contribution in [-0.2, 0) is 4.79 Å². The van der Waals surface area contributed by atoms with Gasteiger partial charge in [0.2, 0.25) is 0 Å². The van der Waals surface area contributed by atoms with E-state index in [2.05, 4.69) is 0 Å². The number of alkyl halides is 2. The Morgan fingerprint density at radius 2 is 2.00 bits per heavy atom. The van der Waals surface area contributed by atoms with Crippen LogP contribution in [0.15, 0.2) is 0 Å². The van der Waals surface area contributed by atoms with E-state index >= 15 is 0 Å². The highest BCUT2D eigenvalue weighted by Gasteiger charge is 2.32. The van der Waals surface area contributed by atoms with Gasteiger partial charge in [-0.3, -0.25) is 4.79 Å². The molecule has 2 nitrogen and oxygen atoms in total. The molecule has 66 valence electrons. The molecule has 0 aliphatic rings. The van der Waals surface area contributed by atoms with Gasteiger partial charge in [0.25, 0.3) is 5.92 Å². The molecule has 0 aromatic rings. The van der Waals surface area contributed by atoms with Crippen molar-refractivity contribution in [2.24, 2.45) is 5.92 Å². The predicted molar refractivity (Wildman–Crippen MR) is 36.7 cm³/mol. The molecule has 0 aromatic carbocycles. The number of carboxylic acids is 1. The van der Waals surface area contributed by atoms with Gasteiger partial charge < -0.3 is 5.11 Å². The van der Waals surface area contributed by atoms with E-state index in [0.717, 1.165) is 0 Å². The minimum atomic E-state index is -3.06. The third kappa shape index (κ3) is 5.76. The zero-order valence-corrected chi connectivity index (χ0v) is 6.60. The first kappa shape index (κ1) is 10.3. The maximum atomic E-state index is 12.5. The molecular weight excluding hydrogens is 154 g/mol. The van der Waals surface area contributed by atoms with Crippen LogP contribution in [-0.4, -0.2) is 17.0 Å². The Morgan fingerprint density at radius 3 is 2.27 bits per heavy atom. The zero-order chi connectivity index (χ0) is 9.07. The van der Waals surface area contributed by atoms with Gasteiger partial charge in [-0.25, -0.2) is 8.78 Å². The minimum Gasteiger partial charge on any atom is -0.481 e. The fraction of sp³-hybridized carbons (Fsp3) is 0.857. The Morgan fingerprint density at radius 1 is 1.55 bits per heavy atom. The average molecular weight is 166 g/mol. The van der Waals surface area contributed by atoms with E-state index < -0.39 is 18.3 Å². The summed E-state index contributed by atoms with van der Waals surface area (Å²) in [7, 11) is 0. The zero-order valence-electron chi connectivity index (χ0n) is 6.60. The second-order valence-corrected chi connectivity index (χ2v) is 3.02. The van der Waals surface area contributed by atoms with Crippen LogP contribution in [0.2, 0.25) is 0 Å². The van der Waals surface area contributed by atoms with Gasteiger partial charge in [-0.15, -0.1) is 0 Å². The Bertz CT molecular complexity index is 143. The number of carboxylic acid groups (broad SMARTS) is 1. The maximum absolute atomic E-state index is 12.5. The quantitative estimate of drug-likeness (QED) is 0.694. The molecule has 0 saturated heterocycles. The Kier molecular flexibility index (Phi) is 3.42. The number of hydrogen-bond acceptors (Lipinski definition) is 1. The first-order valence-electron chi connectivity index (χ1n) is 3.43. The topological polar surface area (TPSA) is 37.3 Å². The van der Waals surface area contributed by atoms with Crippen molar-refractivity contribution in [2.75, 3.05) is 0 Å². The molecule has 0 fully saturated rings. The van der Waals surface area contributed by atoms with Gasteiger partial charge in [-0.05, 0) is 5.92 Å². The lowest BCUT2D eigenvalue weighted by Gasteiger charge is -2.15. The molecule has 0 spiro atoms. The second kappa shape index (κ2) is 3.64. The number of aliphatic carboxylic acids is 1. The molecule has 11 heavy (non-hydrogen) atoms. The molecule has 0 unspecified atom stereocenters. The highest BCUT2D eigenvalue weighted by molar-refractivity contribution is 5.67. The highest BCUT2D eigenvalue weighted by atomic mass is 19.3. The summed E-state index contributed by atoms with van der Waals surface area (Å²) in [6.45, 7) is 3.27. The average Bonchev–Trinajstić information content (AvgIpc) is 1.53. The number of hydrogen-bond donors (Lipinski definition) is 1. The summed E-state index contributed by atoms with van der Waals surface area (Å²) < 4.78 is 25.1. The molecule has 0 saturated carbocycles. The molecule has 0 bridgehead atoms. The smallest absolute Gasteiger partial charge is 0.309 e. The first-order valence-corrected chi connectivity index (χ1v) is 3.43. The summed E-state index contributed by atoms with van der Waals surface area (Å²) in [6, 6.07) is 0. The largest absolute Gasteiger partial charge is 0.481 e. The van der Waals surface area contributed by atoms with E-state index in [9.17, 15) is 13.6 Å². The Labute approximate surface area is 64.2 Å². The van der Waals surface area contributed by atoms with Crippen LogP contribution in [0.4, 0.5) is 8.78 Å². The molecule has 4 heteroatoms. The highest BCUT2D eigenvalue weighted by Crippen LogP contribution is 2.26. The van der Waals surface area contributed by atoms with Crippen LogP contribution < -0.4 is 0 Å². The van der Waals surface area contributed by atoms with Gasteiger partial charge in [0.1, 0.15) is 6.42 Å². The summed E-state index contributed by atoms with van der Waals surface area (Å²) in [5.41, 5.74) is 0. The third-order valence-electron chi connectivity index (χ3n) is 1.12. The maximum Gasteiger partial charge on any atom is 0.309 e. The van der Waals surface area contributed by atoms with Crippen molar-refractivity contribution in [3.05, 3.63) is 0 Å². The molecule has 0 rings (SSSR count). The summed E-state index contributed by atoms with van der Waals surface area (Å²) in [6.07, 6.45) is -1.43. The van der Waals surface area contributed by atoms with Crippen LogP contribution in [0.1, 0.15) is 26.7 Å².